The SMILES string of the molecule is O=C(Nc1nnc(CCc2nnc(NC(=O)c3cccc(Cl)c3)s2)s1)c1cccc(Cl)c1. The molecule has 4 aromatic rings. The van der Waals surface area contributed by atoms with E-state index in [4.69, 9.17) is 23.2 Å². The van der Waals surface area contributed by atoms with Crippen LogP contribution < -0.4 is 10.6 Å². The van der Waals surface area contributed by atoms with Crippen LogP contribution in [0, 0.1) is 0 Å². The quantitative estimate of drug-likeness (QED) is 0.367. The van der Waals surface area contributed by atoms with Gasteiger partial charge in [0.2, 0.25) is 10.3 Å². The monoisotopic (exact) mass is 504 g/mol. The maximum absolute atomic E-state index is 12.3. The molecule has 4 rings (SSSR count). The number of nitrogens with one attached hydrogen (secondary N) is 2. The predicted octanol–water partition coefficient (Wildman–Crippen LogP) is 4.99. The Labute approximate surface area is 200 Å². The summed E-state index contributed by atoms with van der Waals surface area (Å²) in [4.78, 5) is 24.6. The highest BCUT2D eigenvalue weighted by atomic mass is 35.5. The molecule has 0 unspecified atom stereocenters. The number of rotatable bonds is 7. The normalized spacial score (nSPS) is 10.7. The summed E-state index contributed by atoms with van der Waals surface area (Å²) in [5, 5.41) is 24.9. The number of anilines is 2. The smallest absolute Gasteiger partial charge is 0.257 e. The number of amides is 2. The minimum absolute atomic E-state index is 0.306. The number of hydrogen-bond donors (Lipinski definition) is 2. The zero-order valence-electron chi connectivity index (χ0n) is 16.2. The number of benzene rings is 2. The van der Waals surface area contributed by atoms with E-state index in [1.165, 1.54) is 22.7 Å². The highest BCUT2D eigenvalue weighted by molar-refractivity contribution is 7.16. The summed E-state index contributed by atoms with van der Waals surface area (Å²) >= 11 is 14.4. The Kier molecular flexibility index (Phi) is 7.05. The summed E-state index contributed by atoms with van der Waals surface area (Å²) < 4.78 is 0. The number of carbonyl (C=O) groups excluding carboxylic acids is 2. The topological polar surface area (TPSA) is 110 Å². The molecule has 0 fully saturated rings. The fourth-order valence-electron chi connectivity index (χ4n) is 2.62. The summed E-state index contributed by atoms with van der Waals surface area (Å²) in [6, 6.07) is 13.3. The van der Waals surface area contributed by atoms with Crippen molar-refractivity contribution in [1.82, 2.24) is 20.4 Å². The zero-order valence-corrected chi connectivity index (χ0v) is 19.4. The summed E-state index contributed by atoms with van der Waals surface area (Å²) in [7, 11) is 0. The van der Waals surface area contributed by atoms with Crippen molar-refractivity contribution < 1.29 is 9.59 Å². The molecule has 2 heterocycles. The Hall–Kier alpha value is -2.92. The Morgan fingerprint density at radius 1 is 0.719 bits per heavy atom. The fraction of sp³-hybridized carbons (Fsp3) is 0.100. The molecule has 2 amide bonds. The van der Waals surface area contributed by atoms with Crippen molar-refractivity contribution in [2.45, 2.75) is 12.8 Å². The van der Waals surface area contributed by atoms with Crippen molar-refractivity contribution in [3.63, 3.8) is 0 Å². The third kappa shape index (κ3) is 5.86. The third-order valence-corrected chi connectivity index (χ3v) is 6.37. The average Bonchev–Trinajstić information content (AvgIpc) is 3.41. The number of nitrogens with zero attached hydrogens (tertiary/aromatic N) is 4. The first-order valence-electron chi connectivity index (χ1n) is 9.25. The van der Waals surface area contributed by atoms with Crippen molar-refractivity contribution in [2.75, 3.05) is 10.6 Å². The minimum atomic E-state index is -0.306. The van der Waals surface area contributed by atoms with Crippen LogP contribution in [-0.4, -0.2) is 32.2 Å². The summed E-state index contributed by atoms with van der Waals surface area (Å²) in [6.45, 7) is 0. The van der Waals surface area contributed by atoms with Crippen molar-refractivity contribution >= 4 is 68.0 Å². The largest absolute Gasteiger partial charge is 0.296 e. The van der Waals surface area contributed by atoms with Gasteiger partial charge < -0.3 is 0 Å². The van der Waals surface area contributed by atoms with Gasteiger partial charge in [0.25, 0.3) is 11.8 Å². The van der Waals surface area contributed by atoms with Gasteiger partial charge in [-0.15, -0.1) is 20.4 Å². The molecule has 162 valence electrons. The van der Waals surface area contributed by atoms with E-state index in [2.05, 4.69) is 31.0 Å². The van der Waals surface area contributed by atoms with Crippen LogP contribution in [0.4, 0.5) is 10.3 Å². The standard InChI is InChI=1S/C20H14Cl2N6O2S2/c21-13-5-1-3-11(9-13)17(29)23-19-27-25-15(31-19)7-8-16-26-28-20(32-16)24-18(30)12-4-2-6-14(22)10-12/h1-6,9-10H,7-8H2,(H,23,27,29)(H,24,28,30). The molecule has 0 saturated carbocycles. The average molecular weight is 505 g/mol. The van der Waals surface area contributed by atoms with Crippen LogP contribution in [0.15, 0.2) is 48.5 Å². The van der Waals surface area contributed by atoms with Gasteiger partial charge in [0.1, 0.15) is 10.0 Å². The molecule has 8 nitrogen and oxygen atoms in total. The zero-order chi connectivity index (χ0) is 22.5. The number of halogens is 2. The molecule has 0 bridgehead atoms. The summed E-state index contributed by atoms with van der Waals surface area (Å²) in [5.41, 5.74) is 0.880. The minimum Gasteiger partial charge on any atom is -0.296 e. The molecule has 2 aromatic heterocycles. The molecule has 0 aliphatic heterocycles. The van der Waals surface area contributed by atoms with E-state index in [0.717, 1.165) is 10.0 Å². The van der Waals surface area contributed by atoms with Gasteiger partial charge in [0.15, 0.2) is 0 Å². The maximum Gasteiger partial charge on any atom is 0.257 e. The lowest BCUT2D eigenvalue weighted by Crippen LogP contribution is -2.11. The van der Waals surface area contributed by atoms with Crippen molar-refractivity contribution in [3.8, 4) is 0 Å². The molecule has 0 aliphatic rings. The molecule has 32 heavy (non-hydrogen) atoms. The Balaban J connectivity index is 1.30. The fourth-order valence-corrected chi connectivity index (χ4v) is 4.47. The predicted molar refractivity (Wildman–Crippen MR) is 126 cm³/mol. The second kappa shape index (κ2) is 10.1. The summed E-state index contributed by atoms with van der Waals surface area (Å²) in [6.07, 6.45) is 1.14. The van der Waals surface area contributed by atoms with Gasteiger partial charge in [-0.25, -0.2) is 0 Å². The van der Waals surface area contributed by atoms with Crippen LogP contribution in [0.5, 0.6) is 0 Å². The third-order valence-electron chi connectivity index (χ3n) is 4.10. The molecule has 12 heteroatoms. The van der Waals surface area contributed by atoms with Gasteiger partial charge in [-0.2, -0.15) is 0 Å². The second-order valence-electron chi connectivity index (χ2n) is 6.43. The highest BCUT2D eigenvalue weighted by Crippen LogP contribution is 2.22. The number of carbonyl (C=O) groups is 2. The number of aryl methyl sites for hydroxylation is 2. The van der Waals surface area contributed by atoms with Gasteiger partial charge >= 0.3 is 0 Å². The van der Waals surface area contributed by atoms with E-state index < -0.39 is 0 Å². The van der Waals surface area contributed by atoms with E-state index in [1.807, 2.05) is 0 Å². The van der Waals surface area contributed by atoms with E-state index in [0.29, 0.717) is 44.3 Å². The highest BCUT2D eigenvalue weighted by Gasteiger charge is 2.13. The van der Waals surface area contributed by atoms with Gasteiger partial charge in [-0.1, -0.05) is 58.0 Å². The lowest BCUT2D eigenvalue weighted by molar-refractivity contribution is 0.101. The molecule has 0 saturated heterocycles. The molecule has 0 aliphatic carbocycles. The van der Waals surface area contributed by atoms with E-state index in [1.54, 1.807) is 48.5 Å². The maximum atomic E-state index is 12.3. The Morgan fingerprint density at radius 3 is 1.56 bits per heavy atom. The van der Waals surface area contributed by atoms with Gasteiger partial charge in [0.05, 0.1) is 0 Å². The summed E-state index contributed by atoms with van der Waals surface area (Å²) in [5.74, 6) is -0.612. The lowest BCUT2D eigenvalue weighted by atomic mass is 10.2. The molecule has 0 spiro atoms. The van der Waals surface area contributed by atoms with Crippen molar-refractivity contribution in [1.29, 1.82) is 0 Å². The molecular formula is C20H14Cl2N6O2S2. The first kappa shape index (κ1) is 22.3. The Morgan fingerprint density at radius 2 is 1.16 bits per heavy atom. The van der Waals surface area contributed by atoms with E-state index in [9.17, 15) is 9.59 Å². The molecule has 0 atom stereocenters. The second-order valence-corrected chi connectivity index (χ2v) is 9.43. The van der Waals surface area contributed by atoms with Gasteiger partial charge in [-0.3, -0.25) is 20.2 Å². The molecular weight excluding hydrogens is 491 g/mol. The van der Waals surface area contributed by atoms with Gasteiger partial charge in [-0.05, 0) is 36.4 Å². The molecule has 0 radical (unpaired) electrons. The first-order valence-corrected chi connectivity index (χ1v) is 11.6. The van der Waals surface area contributed by atoms with Gasteiger partial charge in [0, 0.05) is 34.0 Å². The van der Waals surface area contributed by atoms with Crippen molar-refractivity contribution in [3.05, 3.63) is 79.7 Å². The number of hydrogen-bond acceptors (Lipinski definition) is 8. The van der Waals surface area contributed by atoms with Crippen LogP contribution in [0.25, 0.3) is 0 Å². The van der Waals surface area contributed by atoms with E-state index >= 15 is 0 Å². The molecule has 2 aromatic carbocycles. The van der Waals surface area contributed by atoms with Crippen LogP contribution >= 0.6 is 45.9 Å². The first-order chi connectivity index (χ1) is 15.5. The lowest BCUT2D eigenvalue weighted by Gasteiger charge is -2.01. The van der Waals surface area contributed by atoms with Crippen molar-refractivity contribution in [2.24, 2.45) is 0 Å². The van der Waals surface area contributed by atoms with Crippen LogP contribution in [0.3, 0.4) is 0 Å². The van der Waals surface area contributed by atoms with E-state index in [-0.39, 0.29) is 11.8 Å². The van der Waals surface area contributed by atoms with Crippen LogP contribution in [-0.2, 0) is 12.8 Å². The van der Waals surface area contributed by atoms with Crippen LogP contribution in [0.1, 0.15) is 30.7 Å². The number of aromatic nitrogens is 4. The van der Waals surface area contributed by atoms with Crippen LogP contribution in [0.2, 0.25) is 10.0 Å². The Bertz CT molecular complexity index is 1180. The molecule has 2 N–H and O–H groups in total.